The van der Waals surface area contributed by atoms with Gasteiger partial charge >= 0.3 is 0 Å². The molecule has 2 aliphatic heterocycles. The SMILES string of the molecule is O=[N+]([O-])c1ccccc1C=Nc1ccc(-c2c3nc(c(-c4ccccc4)c4ccc([nH]4)c(-c4ccccc4)c4nc(c(-c5ccccc5)c5ccc2[nH]5)C=C4)C=C3)cc1. The van der Waals surface area contributed by atoms with E-state index >= 15 is 0 Å². The van der Waals surface area contributed by atoms with Crippen LogP contribution >= 0.6 is 0 Å². The second-order valence-corrected chi connectivity index (χ2v) is 14.2. The number of nitro groups is 1. The van der Waals surface area contributed by atoms with Gasteiger partial charge in [-0.25, -0.2) is 9.97 Å². The lowest BCUT2D eigenvalue weighted by Crippen LogP contribution is -1.93. The third-order valence-corrected chi connectivity index (χ3v) is 10.6. The zero-order chi connectivity index (χ0) is 39.7. The average Bonchev–Trinajstić information content (AvgIpc) is 4.13. The van der Waals surface area contributed by atoms with Gasteiger partial charge in [0.25, 0.3) is 5.69 Å². The molecule has 0 fully saturated rings. The van der Waals surface area contributed by atoms with E-state index in [9.17, 15) is 10.1 Å². The summed E-state index contributed by atoms with van der Waals surface area (Å²) in [5.74, 6) is 0. The fraction of sp³-hybridized carbons (Fsp3) is 0. The molecule has 0 atom stereocenters. The zero-order valence-corrected chi connectivity index (χ0v) is 31.6. The minimum absolute atomic E-state index is 0.00646. The maximum absolute atomic E-state index is 11.6. The van der Waals surface area contributed by atoms with Crippen LogP contribution < -0.4 is 0 Å². The number of nitro benzene ring substituents is 1. The first-order chi connectivity index (χ1) is 29.1. The second-order valence-electron chi connectivity index (χ2n) is 14.2. The summed E-state index contributed by atoms with van der Waals surface area (Å²) in [4.78, 5) is 34.1. The van der Waals surface area contributed by atoms with Crippen molar-refractivity contribution in [2.75, 3.05) is 0 Å². The summed E-state index contributed by atoms with van der Waals surface area (Å²) >= 11 is 0. The first kappa shape index (κ1) is 35.2. The average molecular weight is 763 g/mol. The first-order valence-electron chi connectivity index (χ1n) is 19.3. The van der Waals surface area contributed by atoms with E-state index in [2.05, 4.69) is 112 Å². The van der Waals surface area contributed by atoms with E-state index in [1.54, 1.807) is 18.2 Å². The molecular weight excluding hydrogens is 729 g/mol. The number of hydrogen-bond acceptors (Lipinski definition) is 5. The molecule has 0 spiro atoms. The van der Waals surface area contributed by atoms with E-state index in [0.29, 0.717) is 11.3 Å². The minimum atomic E-state index is -0.396. The van der Waals surface area contributed by atoms with E-state index in [1.807, 2.05) is 66.7 Å². The fourth-order valence-corrected chi connectivity index (χ4v) is 7.86. The molecule has 8 heteroatoms. The van der Waals surface area contributed by atoms with Crippen molar-refractivity contribution < 1.29 is 4.92 Å². The highest BCUT2D eigenvalue weighted by atomic mass is 16.6. The van der Waals surface area contributed by atoms with Gasteiger partial charge in [0.1, 0.15) is 0 Å². The number of nitrogens with zero attached hydrogens (tertiary/aromatic N) is 4. The van der Waals surface area contributed by atoms with Crippen LogP contribution in [0.2, 0.25) is 0 Å². The second kappa shape index (κ2) is 15.0. The number of nitrogens with one attached hydrogen (secondary N) is 2. The molecule has 8 nitrogen and oxygen atoms in total. The molecule has 5 heterocycles. The molecule has 5 aromatic carbocycles. The highest BCUT2D eigenvalue weighted by molar-refractivity contribution is 6.00. The fourth-order valence-electron chi connectivity index (χ4n) is 7.86. The standard InChI is InChI=1S/C51H34N6O2/c58-57(59)47-19-11-10-18-37(47)32-52-38-22-20-36(21-23-38)51-45-30-28-43(55-45)49(34-14-6-2-7-15-34)41-26-24-39(53-41)48(33-12-4-1-5-13-33)40-25-27-42(54-40)50(35-16-8-3-9-17-35)44-29-31-46(51)56-44/h1-32,53,56H. The number of fused-ring (bicyclic) bond motifs is 8. The summed E-state index contributed by atoms with van der Waals surface area (Å²) in [6.07, 6.45) is 9.90. The van der Waals surface area contributed by atoms with Crippen molar-refractivity contribution in [3.05, 3.63) is 202 Å². The Morgan fingerprint density at radius 1 is 0.441 bits per heavy atom. The van der Waals surface area contributed by atoms with E-state index < -0.39 is 4.92 Å². The van der Waals surface area contributed by atoms with Crippen molar-refractivity contribution in [2.45, 2.75) is 0 Å². The highest BCUT2D eigenvalue weighted by Crippen LogP contribution is 2.38. The molecule has 280 valence electrons. The van der Waals surface area contributed by atoms with E-state index in [0.717, 1.165) is 89.4 Å². The Morgan fingerprint density at radius 2 is 0.797 bits per heavy atom. The number of rotatable bonds is 7. The van der Waals surface area contributed by atoms with Crippen molar-refractivity contribution in [3.8, 4) is 44.5 Å². The third kappa shape index (κ3) is 6.74. The normalized spacial score (nSPS) is 12.0. The molecule has 8 aromatic rings. The monoisotopic (exact) mass is 762 g/mol. The van der Waals surface area contributed by atoms with Crippen LogP contribution in [0.1, 0.15) is 28.3 Å². The number of aromatic nitrogens is 4. The van der Waals surface area contributed by atoms with E-state index in [-0.39, 0.29) is 5.69 Å². The molecule has 0 saturated heterocycles. The van der Waals surface area contributed by atoms with Gasteiger partial charge in [-0.05, 0) is 89.0 Å². The maximum Gasteiger partial charge on any atom is 0.278 e. The van der Waals surface area contributed by atoms with Gasteiger partial charge in [-0.1, -0.05) is 115 Å². The van der Waals surface area contributed by atoms with Gasteiger partial charge < -0.3 is 9.97 Å². The topological polar surface area (TPSA) is 113 Å². The van der Waals surface area contributed by atoms with Crippen LogP contribution in [0, 0.1) is 10.1 Å². The number of aliphatic imine (C=N–C) groups is 1. The molecule has 59 heavy (non-hydrogen) atoms. The summed E-state index contributed by atoms with van der Waals surface area (Å²) < 4.78 is 0. The van der Waals surface area contributed by atoms with Crippen molar-refractivity contribution in [1.29, 1.82) is 0 Å². The largest absolute Gasteiger partial charge is 0.354 e. The van der Waals surface area contributed by atoms with Gasteiger partial charge in [0, 0.05) is 56.6 Å². The molecule has 3 aromatic heterocycles. The Morgan fingerprint density at radius 3 is 1.19 bits per heavy atom. The number of aromatic amines is 2. The Hall–Kier alpha value is -8.23. The smallest absolute Gasteiger partial charge is 0.278 e. The zero-order valence-electron chi connectivity index (χ0n) is 31.6. The Bertz CT molecular complexity index is 3130. The maximum atomic E-state index is 11.6. The van der Waals surface area contributed by atoms with Gasteiger partial charge in [-0.2, -0.15) is 0 Å². The predicted octanol–water partition coefficient (Wildman–Crippen LogP) is 13.0. The number of hydrogen-bond donors (Lipinski definition) is 2. The molecule has 2 aliphatic rings. The van der Waals surface area contributed by atoms with Crippen molar-refractivity contribution >= 4 is 64.0 Å². The third-order valence-electron chi connectivity index (χ3n) is 10.6. The Kier molecular flexibility index (Phi) is 8.96. The van der Waals surface area contributed by atoms with Crippen LogP contribution in [-0.2, 0) is 0 Å². The van der Waals surface area contributed by atoms with Crippen molar-refractivity contribution in [3.63, 3.8) is 0 Å². The summed E-state index contributed by atoms with van der Waals surface area (Å²) in [6.45, 7) is 0. The number of H-pyrrole nitrogens is 2. The van der Waals surface area contributed by atoms with Crippen LogP contribution in [0.3, 0.4) is 0 Å². The minimum Gasteiger partial charge on any atom is -0.354 e. The quantitative estimate of drug-likeness (QED) is 0.0956. The van der Waals surface area contributed by atoms with Crippen LogP contribution in [0.5, 0.6) is 0 Å². The lowest BCUT2D eigenvalue weighted by molar-refractivity contribution is -0.385. The van der Waals surface area contributed by atoms with Crippen LogP contribution in [0.15, 0.2) is 169 Å². The van der Waals surface area contributed by atoms with Crippen LogP contribution in [0.4, 0.5) is 11.4 Å². The molecule has 0 aliphatic carbocycles. The van der Waals surface area contributed by atoms with Gasteiger partial charge in [0.05, 0.1) is 38.9 Å². The molecule has 10 rings (SSSR count). The molecule has 0 saturated carbocycles. The highest BCUT2D eigenvalue weighted by Gasteiger charge is 2.19. The molecule has 2 N–H and O–H groups in total. The number of benzene rings is 5. The van der Waals surface area contributed by atoms with E-state index in [4.69, 9.17) is 9.97 Å². The van der Waals surface area contributed by atoms with Gasteiger partial charge in [-0.3, -0.25) is 15.1 Å². The number of para-hydroxylation sites is 1. The van der Waals surface area contributed by atoms with Gasteiger partial charge in [-0.15, -0.1) is 0 Å². The molecular formula is C51H34N6O2. The first-order valence-corrected chi connectivity index (χ1v) is 19.3. The Balaban J connectivity index is 1.26. The summed E-state index contributed by atoms with van der Waals surface area (Å²) in [5.41, 5.74) is 16.0. The van der Waals surface area contributed by atoms with Crippen molar-refractivity contribution in [1.82, 2.24) is 19.9 Å². The van der Waals surface area contributed by atoms with Crippen molar-refractivity contribution in [2.24, 2.45) is 4.99 Å². The predicted molar refractivity (Wildman–Crippen MR) is 241 cm³/mol. The van der Waals surface area contributed by atoms with Gasteiger partial charge in [0.2, 0.25) is 0 Å². The van der Waals surface area contributed by atoms with Crippen LogP contribution in [0.25, 0.3) is 90.9 Å². The molecule has 0 amide bonds. The molecule has 8 bridgehead atoms. The summed E-state index contributed by atoms with van der Waals surface area (Å²) in [7, 11) is 0. The Labute approximate surface area is 339 Å². The van der Waals surface area contributed by atoms with E-state index in [1.165, 1.54) is 12.3 Å². The molecule has 0 unspecified atom stereocenters. The lowest BCUT2D eigenvalue weighted by atomic mass is 10.0. The summed E-state index contributed by atoms with van der Waals surface area (Å²) in [6, 6.07) is 54.0. The lowest BCUT2D eigenvalue weighted by Gasteiger charge is -2.07. The molecule has 0 radical (unpaired) electrons. The summed E-state index contributed by atoms with van der Waals surface area (Å²) in [5, 5.41) is 11.6. The van der Waals surface area contributed by atoms with Gasteiger partial charge in [0.15, 0.2) is 0 Å². The van der Waals surface area contributed by atoms with Crippen LogP contribution in [-0.4, -0.2) is 31.1 Å².